The molecule has 3 N–H and O–H groups in total. The maximum Gasteiger partial charge on any atom is 0.178 e. The zero-order valence-electron chi connectivity index (χ0n) is 16.5. The predicted octanol–water partition coefficient (Wildman–Crippen LogP) is 4.66. The van der Waals surface area contributed by atoms with E-state index in [-0.39, 0.29) is 18.0 Å². The molecule has 0 bridgehead atoms. The van der Waals surface area contributed by atoms with Crippen molar-refractivity contribution in [2.45, 2.75) is 13.5 Å². The molecule has 4 rings (SSSR count). The molecule has 1 heterocycles. The standard InChI is InChI=1S/C23H19ClN2O5/c1-14-22(16-4-6-17(24)7-5-16)23(31-25-14)20-11-10-19(12-21(20)27)30-13-15-2-8-18(9-3-15)26(28)29/h2-12,26-28H,13H2,1H3. The first-order valence-electron chi connectivity index (χ1n) is 9.43. The summed E-state index contributed by atoms with van der Waals surface area (Å²) in [4.78, 5) is 0. The third kappa shape index (κ3) is 4.55. The van der Waals surface area contributed by atoms with Crippen molar-refractivity contribution in [3.8, 4) is 33.9 Å². The van der Waals surface area contributed by atoms with E-state index in [2.05, 4.69) is 5.16 Å². The van der Waals surface area contributed by atoms with Crippen LogP contribution in [-0.4, -0.2) is 15.5 Å². The van der Waals surface area contributed by atoms with E-state index >= 15 is 0 Å². The van der Waals surface area contributed by atoms with Crippen LogP contribution in [0.15, 0.2) is 71.3 Å². The van der Waals surface area contributed by atoms with Gasteiger partial charge in [0.2, 0.25) is 0 Å². The number of phenolic OH excluding ortho intramolecular Hbond substituents is 1. The van der Waals surface area contributed by atoms with Gasteiger partial charge >= 0.3 is 0 Å². The number of aromatic nitrogens is 1. The van der Waals surface area contributed by atoms with Crippen LogP contribution in [0.2, 0.25) is 5.02 Å². The highest BCUT2D eigenvalue weighted by Gasteiger charge is 2.20. The Balaban J connectivity index is 1.55. The molecule has 0 aliphatic heterocycles. The quantitative estimate of drug-likeness (QED) is 0.378. The van der Waals surface area contributed by atoms with Crippen LogP contribution in [0.25, 0.3) is 22.5 Å². The lowest BCUT2D eigenvalue weighted by Gasteiger charge is -2.12. The van der Waals surface area contributed by atoms with Crippen LogP contribution in [0, 0.1) is 12.1 Å². The fourth-order valence-electron chi connectivity index (χ4n) is 3.21. The topological polar surface area (TPSA) is 103 Å². The number of hydrogen-bond acceptors (Lipinski definition) is 6. The Morgan fingerprint density at radius 3 is 2.42 bits per heavy atom. The Hall–Kier alpha value is -3.36. The molecule has 1 unspecified atom stereocenters. The van der Waals surface area contributed by atoms with Crippen molar-refractivity contribution in [1.82, 2.24) is 5.16 Å². The first kappa shape index (κ1) is 20.9. The van der Waals surface area contributed by atoms with Crippen LogP contribution in [0.1, 0.15) is 11.3 Å². The van der Waals surface area contributed by atoms with Gasteiger partial charge in [-0.3, -0.25) is 0 Å². The van der Waals surface area contributed by atoms with Gasteiger partial charge in [0.05, 0.1) is 16.8 Å². The Bertz CT molecular complexity index is 1190. The number of rotatable bonds is 6. The average molecular weight is 439 g/mol. The summed E-state index contributed by atoms with van der Waals surface area (Å²) in [5, 5.41) is 34.2. The van der Waals surface area contributed by atoms with Crippen LogP contribution >= 0.6 is 11.6 Å². The number of benzene rings is 3. The number of hydrogen-bond donors (Lipinski definition) is 3. The molecule has 158 valence electrons. The largest absolute Gasteiger partial charge is 0.595 e. The minimum Gasteiger partial charge on any atom is -0.595 e. The van der Waals surface area contributed by atoms with E-state index in [9.17, 15) is 10.3 Å². The van der Waals surface area contributed by atoms with Gasteiger partial charge in [-0.2, -0.15) is 5.23 Å². The van der Waals surface area contributed by atoms with E-state index in [1.165, 1.54) is 18.2 Å². The molecule has 0 radical (unpaired) electrons. The molecule has 0 aliphatic carbocycles. The van der Waals surface area contributed by atoms with Crippen LogP contribution in [0.5, 0.6) is 11.5 Å². The summed E-state index contributed by atoms with van der Waals surface area (Å²) in [5.74, 6) is 0.908. The molecule has 0 spiro atoms. The fraction of sp³-hybridized carbons (Fsp3) is 0.0870. The van der Waals surface area contributed by atoms with Gasteiger partial charge in [-0.05, 0) is 54.4 Å². The molecule has 0 amide bonds. The molecule has 8 heteroatoms. The van der Waals surface area contributed by atoms with Crippen molar-refractivity contribution >= 4 is 17.3 Å². The number of quaternary nitrogens is 1. The zero-order chi connectivity index (χ0) is 22.0. The number of aromatic hydroxyl groups is 1. The minimum atomic E-state index is -0.978. The SMILES string of the molecule is Cc1noc(-c2ccc(OCc3ccc([NH+]([O-])O)cc3)cc2O)c1-c1ccc(Cl)cc1. The van der Waals surface area contributed by atoms with Crippen molar-refractivity contribution < 1.29 is 24.8 Å². The van der Waals surface area contributed by atoms with Gasteiger partial charge in [0.15, 0.2) is 11.4 Å². The lowest BCUT2D eigenvalue weighted by Crippen LogP contribution is -2.99. The smallest absolute Gasteiger partial charge is 0.178 e. The molecule has 3 aromatic carbocycles. The first-order chi connectivity index (χ1) is 14.9. The summed E-state index contributed by atoms with van der Waals surface area (Å²) < 4.78 is 11.2. The highest BCUT2D eigenvalue weighted by Crippen LogP contribution is 2.40. The minimum absolute atomic E-state index is 0.00918. The van der Waals surface area contributed by atoms with Crippen LogP contribution in [-0.2, 0) is 6.61 Å². The van der Waals surface area contributed by atoms with Crippen molar-refractivity contribution in [2.75, 3.05) is 0 Å². The average Bonchev–Trinajstić information content (AvgIpc) is 3.14. The lowest BCUT2D eigenvalue weighted by atomic mass is 9.99. The lowest BCUT2D eigenvalue weighted by molar-refractivity contribution is -0.991. The van der Waals surface area contributed by atoms with E-state index in [1.54, 1.807) is 36.4 Å². The Morgan fingerprint density at radius 2 is 1.77 bits per heavy atom. The molecular weight excluding hydrogens is 420 g/mol. The van der Waals surface area contributed by atoms with Crippen LogP contribution < -0.4 is 9.96 Å². The Morgan fingerprint density at radius 1 is 1.06 bits per heavy atom. The molecule has 1 aromatic heterocycles. The highest BCUT2D eigenvalue weighted by atomic mass is 35.5. The Labute approximate surface area is 183 Å². The summed E-state index contributed by atoms with van der Waals surface area (Å²) in [7, 11) is 0. The summed E-state index contributed by atoms with van der Waals surface area (Å²) in [5.41, 5.74) is 3.86. The first-order valence-corrected chi connectivity index (χ1v) is 9.81. The zero-order valence-corrected chi connectivity index (χ0v) is 17.3. The van der Waals surface area contributed by atoms with Gasteiger partial charge in [-0.25, -0.2) is 5.21 Å². The van der Waals surface area contributed by atoms with E-state index < -0.39 is 5.23 Å². The number of halogens is 1. The predicted molar refractivity (Wildman–Crippen MR) is 115 cm³/mol. The van der Waals surface area contributed by atoms with Crippen molar-refractivity contribution in [3.63, 3.8) is 0 Å². The highest BCUT2D eigenvalue weighted by molar-refractivity contribution is 6.30. The second kappa shape index (κ2) is 8.79. The van der Waals surface area contributed by atoms with E-state index in [1.807, 2.05) is 19.1 Å². The molecule has 0 saturated carbocycles. The normalized spacial score (nSPS) is 12.0. The molecule has 0 aliphatic rings. The third-order valence-electron chi connectivity index (χ3n) is 4.82. The molecular formula is C23H19ClN2O5. The van der Waals surface area contributed by atoms with Gasteiger partial charge in [0, 0.05) is 23.2 Å². The monoisotopic (exact) mass is 438 g/mol. The summed E-state index contributed by atoms with van der Waals surface area (Å²) in [6, 6.07) is 18.7. The molecule has 4 aromatic rings. The van der Waals surface area contributed by atoms with Crippen molar-refractivity contribution in [2.24, 2.45) is 0 Å². The van der Waals surface area contributed by atoms with Crippen molar-refractivity contribution in [3.05, 3.63) is 88.2 Å². The molecule has 0 fully saturated rings. The number of ether oxygens (including phenoxy) is 1. The van der Waals surface area contributed by atoms with Gasteiger partial charge in [-0.1, -0.05) is 28.9 Å². The maximum atomic E-state index is 10.9. The fourth-order valence-corrected chi connectivity index (χ4v) is 3.34. The number of nitrogens with one attached hydrogen (secondary N) is 1. The summed E-state index contributed by atoms with van der Waals surface area (Å²) in [6.45, 7) is 2.07. The molecule has 31 heavy (non-hydrogen) atoms. The summed E-state index contributed by atoms with van der Waals surface area (Å²) >= 11 is 5.99. The summed E-state index contributed by atoms with van der Waals surface area (Å²) in [6.07, 6.45) is 0. The van der Waals surface area contributed by atoms with Crippen LogP contribution in [0.4, 0.5) is 5.69 Å². The number of nitrogens with zero attached hydrogens (tertiary/aromatic N) is 1. The van der Waals surface area contributed by atoms with Crippen molar-refractivity contribution in [1.29, 1.82) is 0 Å². The van der Waals surface area contributed by atoms with E-state index in [4.69, 9.17) is 26.1 Å². The van der Waals surface area contributed by atoms with Crippen LogP contribution in [0.3, 0.4) is 0 Å². The van der Waals surface area contributed by atoms with E-state index in [0.29, 0.717) is 27.8 Å². The van der Waals surface area contributed by atoms with Gasteiger partial charge in [0.25, 0.3) is 0 Å². The van der Waals surface area contributed by atoms with Gasteiger partial charge in [-0.15, -0.1) is 0 Å². The molecule has 7 nitrogen and oxygen atoms in total. The third-order valence-corrected chi connectivity index (χ3v) is 5.07. The Kier molecular flexibility index (Phi) is 5.92. The second-order valence-electron chi connectivity index (χ2n) is 6.95. The molecule has 0 saturated heterocycles. The maximum absolute atomic E-state index is 10.9. The van der Waals surface area contributed by atoms with Gasteiger partial charge < -0.3 is 19.6 Å². The molecule has 1 atom stereocenters. The second-order valence-corrected chi connectivity index (χ2v) is 7.39. The number of phenols is 1. The van der Waals surface area contributed by atoms with Gasteiger partial charge in [0.1, 0.15) is 18.1 Å². The number of aryl methyl sites for hydroxylation is 1. The van der Waals surface area contributed by atoms with E-state index in [0.717, 1.165) is 16.7 Å².